The molecule has 1 aromatic carbocycles. The Morgan fingerprint density at radius 2 is 1.88 bits per heavy atom. The molecular formula is C19H28N4O. The molecule has 0 atom stereocenters. The summed E-state index contributed by atoms with van der Waals surface area (Å²) in [5.41, 5.74) is 2.06. The zero-order valence-corrected chi connectivity index (χ0v) is 15.1. The van der Waals surface area contributed by atoms with E-state index < -0.39 is 0 Å². The number of carbonyl (C=O) groups excluding carboxylic acids is 1. The van der Waals surface area contributed by atoms with Crippen LogP contribution in [-0.4, -0.2) is 33.0 Å². The highest BCUT2D eigenvalue weighted by Gasteiger charge is 2.38. The van der Waals surface area contributed by atoms with Gasteiger partial charge in [0.15, 0.2) is 0 Å². The maximum atomic E-state index is 12.3. The van der Waals surface area contributed by atoms with Crippen molar-refractivity contribution in [2.75, 3.05) is 0 Å². The Balaban J connectivity index is 1.55. The SMILES string of the molecule is CC1(C)CC(NC(=O)CCc2nc3ccccc3[nH]2)CC(C)(C)N1. The van der Waals surface area contributed by atoms with Gasteiger partial charge in [0, 0.05) is 30.0 Å². The first kappa shape index (κ1) is 17.0. The van der Waals surface area contributed by atoms with Crippen LogP contribution in [0.4, 0.5) is 0 Å². The van der Waals surface area contributed by atoms with Crippen LogP contribution in [0.1, 0.15) is 52.8 Å². The van der Waals surface area contributed by atoms with Crippen LogP contribution in [0.3, 0.4) is 0 Å². The predicted molar refractivity (Wildman–Crippen MR) is 96.9 cm³/mol. The average Bonchev–Trinajstić information content (AvgIpc) is 2.84. The number of nitrogens with one attached hydrogen (secondary N) is 3. The zero-order valence-electron chi connectivity index (χ0n) is 15.1. The van der Waals surface area contributed by atoms with Crippen LogP contribution in [-0.2, 0) is 11.2 Å². The molecule has 0 radical (unpaired) electrons. The Hall–Kier alpha value is -1.88. The minimum Gasteiger partial charge on any atom is -0.353 e. The van der Waals surface area contributed by atoms with Gasteiger partial charge in [-0.3, -0.25) is 4.79 Å². The van der Waals surface area contributed by atoms with Gasteiger partial charge in [-0.05, 0) is 52.7 Å². The van der Waals surface area contributed by atoms with E-state index in [0.29, 0.717) is 12.8 Å². The number of benzene rings is 1. The van der Waals surface area contributed by atoms with Crippen molar-refractivity contribution < 1.29 is 4.79 Å². The number of hydrogen-bond acceptors (Lipinski definition) is 3. The third kappa shape index (κ3) is 4.15. The first-order chi connectivity index (χ1) is 11.2. The van der Waals surface area contributed by atoms with Crippen LogP contribution < -0.4 is 10.6 Å². The highest BCUT2D eigenvalue weighted by molar-refractivity contribution is 5.77. The quantitative estimate of drug-likeness (QED) is 0.808. The summed E-state index contributed by atoms with van der Waals surface area (Å²) in [7, 11) is 0. The minimum atomic E-state index is 0.0401. The standard InChI is InChI=1S/C19H28N4O/c1-18(2)11-13(12-19(3,4)23-18)20-17(24)10-9-16-21-14-7-5-6-8-15(14)22-16/h5-8,13,23H,9-12H2,1-4H3,(H,20,24)(H,21,22). The molecule has 0 saturated carbocycles. The molecule has 0 unspecified atom stereocenters. The number of amides is 1. The largest absolute Gasteiger partial charge is 0.353 e. The van der Waals surface area contributed by atoms with Gasteiger partial charge in [-0.1, -0.05) is 12.1 Å². The fourth-order valence-corrected chi connectivity index (χ4v) is 4.08. The highest BCUT2D eigenvalue weighted by atomic mass is 16.1. The number of fused-ring (bicyclic) bond motifs is 1. The van der Waals surface area contributed by atoms with Gasteiger partial charge in [0.1, 0.15) is 5.82 Å². The summed E-state index contributed by atoms with van der Waals surface area (Å²) in [5, 5.41) is 6.86. The second-order valence-corrected chi connectivity index (χ2v) is 8.27. The normalized spacial score (nSPS) is 20.2. The van der Waals surface area contributed by atoms with Gasteiger partial charge in [0.2, 0.25) is 5.91 Å². The molecule has 0 aliphatic carbocycles. The summed E-state index contributed by atoms with van der Waals surface area (Å²) < 4.78 is 0. The fraction of sp³-hybridized carbons (Fsp3) is 0.579. The second-order valence-electron chi connectivity index (χ2n) is 8.27. The summed E-state index contributed by atoms with van der Waals surface area (Å²) >= 11 is 0. The molecule has 1 amide bonds. The molecule has 3 rings (SSSR count). The monoisotopic (exact) mass is 328 g/mol. The Kier molecular flexibility index (Phi) is 4.38. The van der Waals surface area contributed by atoms with Gasteiger partial charge in [0.25, 0.3) is 0 Å². The fourth-order valence-electron chi connectivity index (χ4n) is 4.08. The molecule has 1 fully saturated rings. The molecule has 1 aromatic heterocycles. The lowest BCUT2D eigenvalue weighted by molar-refractivity contribution is -0.122. The Morgan fingerprint density at radius 3 is 2.54 bits per heavy atom. The van der Waals surface area contributed by atoms with Crippen molar-refractivity contribution in [3.63, 3.8) is 0 Å². The number of hydrogen-bond donors (Lipinski definition) is 3. The Bertz CT molecular complexity index is 683. The number of imidazole rings is 1. The van der Waals surface area contributed by atoms with Crippen molar-refractivity contribution in [2.24, 2.45) is 0 Å². The minimum absolute atomic E-state index is 0.0401. The van der Waals surface area contributed by atoms with Gasteiger partial charge < -0.3 is 15.6 Å². The van der Waals surface area contributed by atoms with Gasteiger partial charge in [-0.15, -0.1) is 0 Å². The third-order valence-electron chi connectivity index (χ3n) is 4.58. The molecule has 5 nitrogen and oxygen atoms in total. The van der Waals surface area contributed by atoms with Crippen LogP contribution in [0.5, 0.6) is 0 Å². The zero-order chi connectivity index (χ0) is 17.4. The van der Waals surface area contributed by atoms with Crippen LogP contribution in [0, 0.1) is 0 Å². The van der Waals surface area contributed by atoms with Gasteiger partial charge in [0.05, 0.1) is 11.0 Å². The van der Waals surface area contributed by atoms with E-state index in [0.717, 1.165) is 29.7 Å². The number of rotatable bonds is 4. The predicted octanol–water partition coefficient (Wildman–Crippen LogP) is 2.92. The average molecular weight is 328 g/mol. The molecule has 0 spiro atoms. The molecule has 0 bridgehead atoms. The van der Waals surface area contributed by atoms with Crippen molar-refractivity contribution in [1.82, 2.24) is 20.6 Å². The summed E-state index contributed by atoms with van der Waals surface area (Å²) in [6, 6.07) is 8.16. The van der Waals surface area contributed by atoms with Gasteiger partial charge in [-0.2, -0.15) is 0 Å². The number of aromatic nitrogens is 2. The summed E-state index contributed by atoms with van der Waals surface area (Å²) in [5.74, 6) is 0.978. The molecule has 130 valence electrons. The van der Waals surface area contributed by atoms with E-state index in [2.05, 4.69) is 48.3 Å². The topological polar surface area (TPSA) is 69.8 Å². The van der Waals surface area contributed by atoms with E-state index in [4.69, 9.17) is 0 Å². The van der Waals surface area contributed by atoms with E-state index >= 15 is 0 Å². The smallest absolute Gasteiger partial charge is 0.220 e. The molecule has 3 N–H and O–H groups in total. The van der Waals surface area contributed by atoms with E-state index in [1.807, 2.05) is 24.3 Å². The number of aryl methyl sites for hydroxylation is 1. The maximum absolute atomic E-state index is 12.3. The summed E-state index contributed by atoms with van der Waals surface area (Å²) in [4.78, 5) is 20.2. The number of nitrogens with zero attached hydrogens (tertiary/aromatic N) is 1. The Labute approximate surface area is 143 Å². The first-order valence-electron chi connectivity index (χ1n) is 8.75. The number of H-pyrrole nitrogens is 1. The molecule has 1 aliphatic rings. The molecule has 1 saturated heterocycles. The number of piperidine rings is 1. The number of aromatic amines is 1. The maximum Gasteiger partial charge on any atom is 0.220 e. The third-order valence-corrected chi connectivity index (χ3v) is 4.58. The van der Waals surface area contributed by atoms with E-state index in [-0.39, 0.29) is 23.0 Å². The van der Waals surface area contributed by atoms with Crippen molar-refractivity contribution >= 4 is 16.9 Å². The van der Waals surface area contributed by atoms with E-state index in [1.54, 1.807) is 0 Å². The van der Waals surface area contributed by atoms with Crippen LogP contribution in [0.15, 0.2) is 24.3 Å². The van der Waals surface area contributed by atoms with Crippen LogP contribution >= 0.6 is 0 Å². The van der Waals surface area contributed by atoms with E-state index in [1.165, 1.54) is 0 Å². The highest BCUT2D eigenvalue weighted by Crippen LogP contribution is 2.28. The van der Waals surface area contributed by atoms with Gasteiger partial charge in [-0.25, -0.2) is 4.98 Å². The molecule has 5 heteroatoms. The summed E-state index contributed by atoms with van der Waals surface area (Å²) in [6.45, 7) is 8.78. The first-order valence-corrected chi connectivity index (χ1v) is 8.75. The lowest BCUT2D eigenvalue weighted by Crippen LogP contribution is -2.62. The van der Waals surface area contributed by atoms with Crippen molar-refractivity contribution in [2.45, 2.75) is 70.5 Å². The second kappa shape index (κ2) is 6.20. The van der Waals surface area contributed by atoms with E-state index in [9.17, 15) is 4.79 Å². The molecule has 1 aliphatic heterocycles. The lowest BCUT2D eigenvalue weighted by Gasteiger charge is -2.46. The van der Waals surface area contributed by atoms with Gasteiger partial charge >= 0.3 is 0 Å². The molecule has 24 heavy (non-hydrogen) atoms. The molecular weight excluding hydrogens is 300 g/mol. The van der Waals surface area contributed by atoms with Crippen LogP contribution in [0.2, 0.25) is 0 Å². The van der Waals surface area contributed by atoms with Crippen molar-refractivity contribution in [3.8, 4) is 0 Å². The Morgan fingerprint density at radius 1 is 1.21 bits per heavy atom. The van der Waals surface area contributed by atoms with Crippen LogP contribution in [0.25, 0.3) is 11.0 Å². The number of para-hydroxylation sites is 2. The lowest BCUT2D eigenvalue weighted by atomic mass is 9.79. The molecule has 2 heterocycles. The summed E-state index contributed by atoms with van der Waals surface area (Å²) in [6.07, 6.45) is 3.00. The molecule has 2 aromatic rings. The number of carbonyl (C=O) groups is 1. The van der Waals surface area contributed by atoms with Crippen molar-refractivity contribution in [3.05, 3.63) is 30.1 Å². The van der Waals surface area contributed by atoms with Crippen molar-refractivity contribution in [1.29, 1.82) is 0 Å².